The average molecular weight is 672 g/mol. The first kappa shape index (κ1) is 38.0. The lowest BCUT2D eigenvalue weighted by Crippen LogP contribution is -2.37. The SMILES string of the molecule is CC(C)C.CNc1cc2c(NC3=CCC(Cl)=C(F)C=C3)ncnc2cc1OCCCN1CCOCC1.NC(C=O)C(=O)C(F)Cl. The Labute approximate surface area is 273 Å². The summed E-state index contributed by atoms with van der Waals surface area (Å²) in [7, 11) is 1.85. The monoisotopic (exact) mass is 670 g/mol. The van der Waals surface area contributed by atoms with Gasteiger partial charge in [0.1, 0.15) is 36.0 Å². The van der Waals surface area contributed by atoms with Gasteiger partial charge in [0.15, 0.2) is 0 Å². The van der Waals surface area contributed by atoms with E-state index in [0.29, 0.717) is 24.5 Å². The van der Waals surface area contributed by atoms with Crippen molar-refractivity contribution in [1.82, 2.24) is 14.9 Å². The van der Waals surface area contributed by atoms with Crippen molar-refractivity contribution in [2.75, 3.05) is 57.1 Å². The molecule has 14 heteroatoms. The molecule has 1 fully saturated rings. The van der Waals surface area contributed by atoms with Gasteiger partial charge in [-0.2, -0.15) is 0 Å². The number of morpholine rings is 1. The highest BCUT2D eigenvalue weighted by Gasteiger charge is 2.20. The molecule has 2 unspecified atom stereocenters. The third-order valence-corrected chi connectivity index (χ3v) is 6.66. The van der Waals surface area contributed by atoms with Gasteiger partial charge in [0, 0.05) is 50.3 Å². The van der Waals surface area contributed by atoms with Crippen LogP contribution in [-0.4, -0.2) is 85.1 Å². The summed E-state index contributed by atoms with van der Waals surface area (Å²) in [6, 6.07) is 2.44. The molecule has 2 aliphatic rings. The number of Topliss-reactive ketones (excluding diaryl/α,β-unsaturated/α-hetero) is 1. The Balaban J connectivity index is 0.000000458. The fourth-order valence-corrected chi connectivity index (χ4v) is 4.14. The summed E-state index contributed by atoms with van der Waals surface area (Å²) >= 11 is 10.6. The number of nitrogens with zero attached hydrogens (tertiary/aromatic N) is 3. The minimum absolute atomic E-state index is 0.136. The molecule has 1 aromatic heterocycles. The highest BCUT2D eigenvalue weighted by atomic mass is 35.5. The molecule has 0 amide bonds. The molecule has 1 aliphatic carbocycles. The fourth-order valence-electron chi connectivity index (χ4n) is 3.85. The van der Waals surface area contributed by atoms with Gasteiger partial charge in [-0.15, -0.1) is 0 Å². The molecule has 2 atom stereocenters. The Morgan fingerprint density at radius 1 is 1.22 bits per heavy atom. The van der Waals surface area contributed by atoms with Crippen LogP contribution in [0.25, 0.3) is 10.9 Å². The number of nitrogens with two attached hydrogens (primary N) is 1. The second kappa shape index (κ2) is 20.1. The predicted molar refractivity (Wildman–Crippen MR) is 176 cm³/mol. The Hall–Kier alpha value is -3.16. The van der Waals surface area contributed by atoms with Crippen molar-refractivity contribution < 1.29 is 27.8 Å². The first-order valence-corrected chi connectivity index (χ1v) is 15.4. The number of anilines is 2. The molecule has 1 saturated heterocycles. The average Bonchev–Trinajstić information content (AvgIpc) is 3.18. The van der Waals surface area contributed by atoms with Crippen LogP contribution in [-0.2, 0) is 14.3 Å². The summed E-state index contributed by atoms with van der Waals surface area (Å²) in [6.07, 6.45) is 7.70. The number of hydrogen-bond donors (Lipinski definition) is 3. The summed E-state index contributed by atoms with van der Waals surface area (Å²) in [6.45, 7) is 11.7. The maximum atomic E-state index is 13.7. The van der Waals surface area contributed by atoms with E-state index in [2.05, 4.69) is 57.9 Å². The van der Waals surface area contributed by atoms with E-state index in [1.165, 1.54) is 12.4 Å². The molecule has 2 aromatic rings. The molecule has 1 aliphatic heterocycles. The summed E-state index contributed by atoms with van der Waals surface area (Å²) in [5, 5.41) is 7.45. The van der Waals surface area contributed by atoms with Crippen LogP contribution in [0, 0.1) is 5.92 Å². The number of nitrogens with one attached hydrogen (secondary N) is 2. The van der Waals surface area contributed by atoms with E-state index in [1.807, 2.05) is 25.3 Å². The van der Waals surface area contributed by atoms with Crippen molar-refractivity contribution in [3.8, 4) is 5.75 Å². The number of benzene rings is 1. The topological polar surface area (TPSA) is 132 Å². The van der Waals surface area contributed by atoms with Gasteiger partial charge < -0.3 is 30.6 Å². The Morgan fingerprint density at radius 2 is 1.91 bits per heavy atom. The maximum Gasteiger partial charge on any atom is 0.233 e. The van der Waals surface area contributed by atoms with Gasteiger partial charge in [0.05, 0.1) is 36.1 Å². The van der Waals surface area contributed by atoms with Crippen molar-refractivity contribution >= 4 is 57.7 Å². The van der Waals surface area contributed by atoms with Crippen LogP contribution in [0.5, 0.6) is 5.75 Å². The van der Waals surface area contributed by atoms with Crippen molar-refractivity contribution in [2.45, 2.75) is 45.3 Å². The zero-order valence-electron chi connectivity index (χ0n) is 26.0. The van der Waals surface area contributed by atoms with Gasteiger partial charge in [0.2, 0.25) is 11.4 Å². The maximum absolute atomic E-state index is 13.7. The number of hydrogen-bond acceptors (Lipinski definition) is 10. The summed E-state index contributed by atoms with van der Waals surface area (Å²) < 4.78 is 36.9. The quantitative estimate of drug-likeness (QED) is 0.118. The van der Waals surface area contributed by atoms with E-state index in [-0.39, 0.29) is 11.3 Å². The molecule has 0 saturated carbocycles. The summed E-state index contributed by atoms with van der Waals surface area (Å²) in [5.74, 6) is 0.671. The van der Waals surface area contributed by atoms with Gasteiger partial charge in [-0.25, -0.2) is 18.7 Å². The number of fused-ring (bicyclic) bond motifs is 1. The first-order chi connectivity index (χ1) is 21.5. The lowest BCUT2D eigenvalue weighted by atomic mass is 10.2. The molecule has 0 radical (unpaired) electrons. The standard InChI is InChI=1S/C23H27ClFN5O2.C4H5ClFNO2.C4H10/c1-26-21-13-17-20(14-22(21)32-10-2-7-30-8-11-31-12-9-30)27-15-28-23(17)29-16-3-5-18(24)19(25)6-4-16;5-4(6)3(9)2(7)1-8;1-4(2)3/h3-4,6,13-15,26H,2,5,7-12H2,1H3,(H,27,28,29);1-2,4H,7H2;4H,1-3H3. The van der Waals surface area contributed by atoms with E-state index in [9.17, 15) is 18.4 Å². The molecule has 0 bridgehead atoms. The van der Waals surface area contributed by atoms with Crippen molar-refractivity contribution in [3.63, 3.8) is 0 Å². The number of alkyl halides is 2. The number of ether oxygens (including phenoxy) is 2. The van der Waals surface area contributed by atoms with Crippen LogP contribution in [0.15, 0.2) is 53.2 Å². The van der Waals surface area contributed by atoms with Gasteiger partial charge in [-0.3, -0.25) is 9.69 Å². The molecule has 2 heterocycles. The summed E-state index contributed by atoms with van der Waals surface area (Å²) in [4.78, 5) is 31.1. The fraction of sp³-hybridized carbons (Fsp3) is 0.484. The molecule has 4 rings (SSSR count). The predicted octanol–water partition coefficient (Wildman–Crippen LogP) is 5.73. The number of halogens is 4. The Bertz CT molecular complexity index is 1350. The van der Waals surface area contributed by atoms with Crippen molar-refractivity contribution in [1.29, 1.82) is 0 Å². The highest BCUT2D eigenvalue weighted by Crippen LogP contribution is 2.33. The zero-order valence-corrected chi connectivity index (χ0v) is 27.5. The smallest absolute Gasteiger partial charge is 0.233 e. The number of carbonyl (C=O) groups is 2. The second-order valence-corrected chi connectivity index (χ2v) is 11.5. The molecule has 0 spiro atoms. The normalized spacial score (nSPS) is 16.4. The zero-order chi connectivity index (χ0) is 33.4. The third kappa shape index (κ3) is 13.4. The number of ketones is 1. The third-order valence-electron chi connectivity index (χ3n) is 6.11. The van der Waals surface area contributed by atoms with Crippen LogP contribution in [0.1, 0.15) is 33.6 Å². The molecular formula is C31H42Cl2F2N6O4. The van der Waals surface area contributed by atoms with Crippen molar-refractivity contribution in [2.24, 2.45) is 11.7 Å². The lowest BCUT2D eigenvalue weighted by molar-refractivity contribution is -0.125. The van der Waals surface area contributed by atoms with Crippen molar-refractivity contribution in [3.05, 3.63) is 53.2 Å². The highest BCUT2D eigenvalue weighted by molar-refractivity contribution is 6.31. The van der Waals surface area contributed by atoms with Gasteiger partial charge in [0.25, 0.3) is 0 Å². The number of aldehydes is 1. The Kier molecular flexibility index (Phi) is 17.0. The lowest BCUT2D eigenvalue weighted by Gasteiger charge is -2.26. The van der Waals surface area contributed by atoms with Gasteiger partial charge in [-0.1, -0.05) is 50.0 Å². The summed E-state index contributed by atoms with van der Waals surface area (Å²) in [5.41, 5.74) is 4.92. The van der Waals surface area contributed by atoms with Gasteiger partial charge in [-0.05, 0) is 30.6 Å². The van der Waals surface area contributed by atoms with E-state index >= 15 is 0 Å². The largest absolute Gasteiger partial charge is 0.491 e. The van der Waals surface area contributed by atoms with E-state index in [4.69, 9.17) is 26.8 Å². The van der Waals surface area contributed by atoms with E-state index in [1.54, 1.807) is 6.08 Å². The Morgan fingerprint density at radius 3 is 2.51 bits per heavy atom. The molecular weight excluding hydrogens is 629 g/mol. The van der Waals surface area contributed by atoms with E-state index in [0.717, 1.165) is 67.5 Å². The number of carbonyl (C=O) groups excluding carboxylic acids is 2. The molecule has 45 heavy (non-hydrogen) atoms. The van der Waals surface area contributed by atoms with Crippen LogP contribution in [0.4, 0.5) is 20.3 Å². The van der Waals surface area contributed by atoms with Crippen LogP contribution in [0.3, 0.4) is 0 Å². The van der Waals surface area contributed by atoms with Crippen LogP contribution in [0.2, 0.25) is 0 Å². The molecule has 1 aromatic carbocycles. The van der Waals surface area contributed by atoms with Crippen LogP contribution < -0.4 is 21.1 Å². The molecule has 10 nitrogen and oxygen atoms in total. The minimum atomic E-state index is -2.18. The van der Waals surface area contributed by atoms with E-state index < -0.39 is 23.3 Å². The number of rotatable bonds is 11. The second-order valence-electron chi connectivity index (χ2n) is 10.7. The minimum Gasteiger partial charge on any atom is -0.491 e. The van der Waals surface area contributed by atoms with Crippen LogP contribution >= 0.6 is 23.2 Å². The molecule has 248 valence electrons. The first-order valence-electron chi connectivity index (χ1n) is 14.6. The number of allylic oxidation sites excluding steroid dienone is 5. The van der Waals surface area contributed by atoms with Gasteiger partial charge >= 0.3 is 0 Å². The number of aromatic nitrogens is 2. The molecule has 4 N–H and O–H groups in total.